The summed E-state index contributed by atoms with van der Waals surface area (Å²) >= 11 is 13.2. The molecular formula is C19H18Cl2N4O2S. The van der Waals surface area contributed by atoms with Gasteiger partial charge in [0.25, 0.3) is 0 Å². The molecule has 0 spiro atoms. The van der Waals surface area contributed by atoms with E-state index in [9.17, 15) is 4.79 Å². The molecule has 3 aromatic rings. The number of halogens is 2. The lowest BCUT2D eigenvalue weighted by atomic mass is 10.2. The van der Waals surface area contributed by atoms with E-state index < -0.39 is 0 Å². The monoisotopic (exact) mass is 436 g/mol. The summed E-state index contributed by atoms with van der Waals surface area (Å²) in [4.78, 5) is 12.3. The quantitative estimate of drug-likeness (QED) is 0.527. The molecule has 9 heteroatoms. The smallest absolute Gasteiger partial charge is 0.234 e. The van der Waals surface area contributed by atoms with E-state index in [1.165, 1.54) is 11.8 Å². The number of para-hydroxylation sites is 1. The molecule has 0 aliphatic rings. The molecule has 2 aromatic carbocycles. The number of methoxy groups -OCH3 is 1. The van der Waals surface area contributed by atoms with Gasteiger partial charge in [0.05, 0.1) is 28.5 Å². The number of anilines is 1. The van der Waals surface area contributed by atoms with Crippen LogP contribution in [0.1, 0.15) is 6.92 Å². The van der Waals surface area contributed by atoms with Crippen molar-refractivity contribution in [2.24, 2.45) is 0 Å². The number of rotatable bonds is 7. The van der Waals surface area contributed by atoms with Gasteiger partial charge in [-0.25, -0.2) is 0 Å². The van der Waals surface area contributed by atoms with Gasteiger partial charge < -0.3 is 14.6 Å². The van der Waals surface area contributed by atoms with Crippen LogP contribution in [0.2, 0.25) is 10.0 Å². The van der Waals surface area contributed by atoms with Crippen LogP contribution >= 0.6 is 35.0 Å². The Morgan fingerprint density at radius 1 is 1.18 bits per heavy atom. The van der Waals surface area contributed by atoms with Crippen LogP contribution in [0.5, 0.6) is 5.75 Å². The third-order valence-corrected chi connectivity index (χ3v) is 5.62. The summed E-state index contributed by atoms with van der Waals surface area (Å²) in [6.07, 6.45) is 0. The minimum Gasteiger partial charge on any atom is -0.496 e. The standard InChI is InChI=1S/C19H18Cl2N4O2S/c1-3-25-18(13-6-4-5-7-16(13)27-2)23-24-19(25)28-11-17(26)22-12-8-9-14(20)15(21)10-12/h4-10H,3,11H2,1-2H3,(H,22,26). The minimum absolute atomic E-state index is 0.173. The molecule has 0 aliphatic heterocycles. The van der Waals surface area contributed by atoms with Crippen LogP contribution in [0, 0.1) is 0 Å². The van der Waals surface area contributed by atoms with Crippen LogP contribution in [0.15, 0.2) is 47.6 Å². The molecule has 0 saturated heterocycles. The average Bonchev–Trinajstić information content (AvgIpc) is 3.12. The van der Waals surface area contributed by atoms with Crippen molar-refractivity contribution in [1.29, 1.82) is 0 Å². The molecule has 1 heterocycles. The van der Waals surface area contributed by atoms with Crippen molar-refractivity contribution in [2.45, 2.75) is 18.6 Å². The summed E-state index contributed by atoms with van der Waals surface area (Å²) in [5.74, 6) is 1.43. The summed E-state index contributed by atoms with van der Waals surface area (Å²) in [6, 6.07) is 12.6. The van der Waals surface area contributed by atoms with Gasteiger partial charge >= 0.3 is 0 Å². The van der Waals surface area contributed by atoms with E-state index in [4.69, 9.17) is 27.9 Å². The van der Waals surface area contributed by atoms with E-state index in [1.54, 1.807) is 25.3 Å². The zero-order chi connectivity index (χ0) is 20.1. The summed E-state index contributed by atoms with van der Waals surface area (Å²) in [6.45, 7) is 2.67. The van der Waals surface area contributed by atoms with Gasteiger partial charge in [0, 0.05) is 12.2 Å². The molecule has 1 N–H and O–H groups in total. The van der Waals surface area contributed by atoms with Gasteiger partial charge in [0.15, 0.2) is 11.0 Å². The van der Waals surface area contributed by atoms with Gasteiger partial charge in [-0.05, 0) is 37.3 Å². The third kappa shape index (κ3) is 4.60. The molecule has 0 unspecified atom stereocenters. The second kappa shape index (κ2) is 9.32. The average molecular weight is 437 g/mol. The number of nitrogens with one attached hydrogen (secondary N) is 1. The molecule has 0 bridgehead atoms. The number of carbonyl (C=O) groups is 1. The number of hydrogen-bond donors (Lipinski definition) is 1. The van der Waals surface area contributed by atoms with Gasteiger partial charge in [-0.1, -0.05) is 47.1 Å². The Hall–Kier alpha value is -2.22. The Labute approximate surface area is 177 Å². The van der Waals surface area contributed by atoms with Gasteiger partial charge in [0.1, 0.15) is 5.75 Å². The maximum Gasteiger partial charge on any atom is 0.234 e. The van der Waals surface area contributed by atoms with E-state index in [0.29, 0.717) is 33.3 Å². The Kier molecular flexibility index (Phi) is 6.83. The van der Waals surface area contributed by atoms with E-state index in [-0.39, 0.29) is 11.7 Å². The van der Waals surface area contributed by atoms with Gasteiger partial charge in [-0.15, -0.1) is 10.2 Å². The van der Waals surface area contributed by atoms with Crippen molar-refractivity contribution >= 4 is 46.6 Å². The predicted octanol–water partition coefficient (Wildman–Crippen LogP) is 5.01. The van der Waals surface area contributed by atoms with Crippen molar-refractivity contribution in [2.75, 3.05) is 18.2 Å². The number of amides is 1. The predicted molar refractivity (Wildman–Crippen MR) is 113 cm³/mol. The summed E-state index contributed by atoms with van der Waals surface area (Å²) in [7, 11) is 1.62. The normalized spacial score (nSPS) is 10.7. The third-order valence-electron chi connectivity index (χ3n) is 3.92. The van der Waals surface area contributed by atoms with E-state index >= 15 is 0 Å². The molecule has 3 rings (SSSR count). The number of benzene rings is 2. The maximum absolute atomic E-state index is 12.3. The van der Waals surface area contributed by atoms with Gasteiger partial charge in [-0.2, -0.15) is 0 Å². The van der Waals surface area contributed by atoms with Gasteiger partial charge in [-0.3, -0.25) is 4.79 Å². The van der Waals surface area contributed by atoms with Crippen molar-refractivity contribution < 1.29 is 9.53 Å². The van der Waals surface area contributed by atoms with Crippen molar-refractivity contribution in [3.05, 3.63) is 52.5 Å². The molecule has 0 aliphatic carbocycles. The minimum atomic E-state index is -0.173. The van der Waals surface area contributed by atoms with Crippen LogP contribution < -0.4 is 10.1 Å². The Morgan fingerprint density at radius 2 is 1.96 bits per heavy atom. The van der Waals surface area contributed by atoms with Crippen LogP contribution in [-0.2, 0) is 11.3 Å². The van der Waals surface area contributed by atoms with Crippen molar-refractivity contribution in [3.63, 3.8) is 0 Å². The first-order valence-corrected chi connectivity index (χ1v) is 10.2. The van der Waals surface area contributed by atoms with Crippen LogP contribution in [0.4, 0.5) is 5.69 Å². The summed E-state index contributed by atoms with van der Waals surface area (Å²) < 4.78 is 7.37. The molecule has 0 atom stereocenters. The highest BCUT2D eigenvalue weighted by molar-refractivity contribution is 7.99. The molecule has 6 nitrogen and oxygen atoms in total. The SMILES string of the molecule is CCn1c(SCC(=O)Nc2ccc(Cl)c(Cl)c2)nnc1-c1ccccc1OC. The Balaban J connectivity index is 1.72. The first-order valence-electron chi connectivity index (χ1n) is 8.47. The molecular weight excluding hydrogens is 419 g/mol. The van der Waals surface area contributed by atoms with Crippen LogP contribution in [0.25, 0.3) is 11.4 Å². The Bertz CT molecular complexity index is 994. The molecule has 28 heavy (non-hydrogen) atoms. The number of aromatic nitrogens is 3. The summed E-state index contributed by atoms with van der Waals surface area (Å²) in [5.41, 5.74) is 1.44. The van der Waals surface area contributed by atoms with E-state index in [1.807, 2.05) is 35.8 Å². The highest BCUT2D eigenvalue weighted by Gasteiger charge is 2.17. The van der Waals surface area contributed by atoms with Crippen LogP contribution in [-0.4, -0.2) is 33.5 Å². The highest BCUT2D eigenvalue weighted by Crippen LogP contribution is 2.31. The number of ether oxygens (including phenoxy) is 1. The van der Waals surface area contributed by atoms with Gasteiger partial charge in [0.2, 0.25) is 5.91 Å². The van der Waals surface area contributed by atoms with Crippen LogP contribution in [0.3, 0.4) is 0 Å². The molecule has 0 saturated carbocycles. The Morgan fingerprint density at radius 3 is 2.68 bits per heavy atom. The molecule has 1 aromatic heterocycles. The van der Waals surface area contributed by atoms with E-state index in [0.717, 1.165) is 11.3 Å². The molecule has 0 radical (unpaired) electrons. The number of thioether (sulfide) groups is 1. The summed E-state index contributed by atoms with van der Waals surface area (Å²) in [5, 5.41) is 12.8. The first-order chi connectivity index (χ1) is 13.5. The second-order valence-electron chi connectivity index (χ2n) is 5.72. The largest absolute Gasteiger partial charge is 0.496 e. The van der Waals surface area contributed by atoms with E-state index in [2.05, 4.69) is 15.5 Å². The number of carbonyl (C=O) groups excluding carboxylic acids is 1. The molecule has 1 amide bonds. The lowest BCUT2D eigenvalue weighted by Gasteiger charge is -2.10. The van der Waals surface area contributed by atoms with Crippen molar-refractivity contribution in [1.82, 2.24) is 14.8 Å². The zero-order valence-electron chi connectivity index (χ0n) is 15.3. The first kappa shape index (κ1) is 20.5. The maximum atomic E-state index is 12.3. The fourth-order valence-corrected chi connectivity index (χ4v) is 3.71. The lowest BCUT2D eigenvalue weighted by molar-refractivity contribution is -0.113. The van der Waals surface area contributed by atoms with Crippen molar-refractivity contribution in [3.8, 4) is 17.1 Å². The highest BCUT2D eigenvalue weighted by atomic mass is 35.5. The fourth-order valence-electron chi connectivity index (χ4n) is 2.61. The topological polar surface area (TPSA) is 69.0 Å². The lowest BCUT2D eigenvalue weighted by Crippen LogP contribution is -2.14. The number of nitrogens with zero attached hydrogens (tertiary/aromatic N) is 3. The zero-order valence-corrected chi connectivity index (χ0v) is 17.6. The fraction of sp³-hybridized carbons (Fsp3) is 0.211. The second-order valence-corrected chi connectivity index (χ2v) is 7.47. The molecule has 0 fully saturated rings. The number of hydrogen-bond acceptors (Lipinski definition) is 5. The molecule has 146 valence electrons.